The van der Waals surface area contributed by atoms with Gasteiger partial charge in [-0.2, -0.15) is 0 Å². The fourth-order valence-corrected chi connectivity index (χ4v) is 2.21. The van der Waals surface area contributed by atoms with Crippen LogP contribution < -0.4 is 5.32 Å². The van der Waals surface area contributed by atoms with E-state index in [0.717, 1.165) is 11.9 Å². The minimum absolute atomic E-state index is 0.105. The SMILES string of the molecule is O=C(CCc1c[nH]c2ccccc12)NC1COC1. The van der Waals surface area contributed by atoms with Gasteiger partial charge in [-0.3, -0.25) is 4.79 Å². The van der Waals surface area contributed by atoms with E-state index in [9.17, 15) is 4.79 Å². The van der Waals surface area contributed by atoms with Crippen LogP contribution in [0.2, 0.25) is 0 Å². The number of para-hydroxylation sites is 1. The van der Waals surface area contributed by atoms with Crippen molar-refractivity contribution in [3.8, 4) is 0 Å². The molecule has 2 heterocycles. The summed E-state index contributed by atoms with van der Waals surface area (Å²) in [6, 6.07) is 8.38. The highest BCUT2D eigenvalue weighted by Crippen LogP contribution is 2.18. The van der Waals surface area contributed by atoms with E-state index in [2.05, 4.69) is 16.4 Å². The van der Waals surface area contributed by atoms with E-state index in [0.29, 0.717) is 19.6 Å². The maximum Gasteiger partial charge on any atom is 0.220 e. The lowest BCUT2D eigenvalue weighted by atomic mass is 10.1. The molecule has 1 aromatic heterocycles. The Morgan fingerprint density at radius 3 is 3.00 bits per heavy atom. The number of ether oxygens (including phenoxy) is 1. The van der Waals surface area contributed by atoms with Crippen LogP contribution in [0, 0.1) is 0 Å². The van der Waals surface area contributed by atoms with Crippen LogP contribution in [0.4, 0.5) is 0 Å². The molecule has 18 heavy (non-hydrogen) atoms. The van der Waals surface area contributed by atoms with Crippen molar-refractivity contribution < 1.29 is 9.53 Å². The van der Waals surface area contributed by atoms with Gasteiger partial charge in [-0.1, -0.05) is 18.2 Å². The number of carbonyl (C=O) groups excluding carboxylic acids is 1. The largest absolute Gasteiger partial charge is 0.377 e. The summed E-state index contributed by atoms with van der Waals surface area (Å²) < 4.78 is 5.02. The van der Waals surface area contributed by atoms with Gasteiger partial charge in [-0.05, 0) is 18.1 Å². The molecule has 0 unspecified atom stereocenters. The predicted octanol–water partition coefficient (Wildman–Crippen LogP) is 1.62. The molecule has 0 radical (unpaired) electrons. The molecule has 2 aromatic rings. The summed E-state index contributed by atoms with van der Waals surface area (Å²) in [5.41, 5.74) is 2.32. The summed E-state index contributed by atoms with van der Waals surface area (Å²) in [5.74, 6) is 0.105. The van der Waals surface area contributed by atoms with Crippen molar-refractivity contribution >= 4 is 16.8 Å². The van der Waals surface area contributed by atoms with Gasteiger partial charge in [0.15, 0.2) is 0 Å². The maximum atomic E-state index is 11.7. The molecule has 0 atom stereocenters. The molecule has 1 fully saturated rings. The van der Waals surface area contributed by atoms with E-state index in [1.807, 2.05) is 24.4 Å². The number of hydrogen-bond acceptors (Lipinski definition) is 2. The lowest BCUT2D eigenvalue weighted by Crippen LogP contribution is -2.48. The second-order valence-corrected chi connectivity index (χ2v) is 4.66. The molecule has 4 nitrogen and oxygen atoms in total. The van der Waals surface area contributed by atoms with Crippen LogP contribution >= 0.6 is 0 Å². The monoisotopic (exact) mass is 244 g/mol. The zero-order valence-electron chi connectivity index (χ0n) is 10.1. The Morgan fingerprint density at radius 1 is 1.39 bits per heavy atom. The van der Waals surface area contributed by atoms with E-state index in [-0.39, 0.29) is 11.9 Å². The number of fused-ring (bicyclic) bond motifs is 1. The van der Waals surface area contributed by atoms with Gasteiger partial charge in [-0.15, -0.1) is 0 Å². The average Bonchev–Trinajstić information content (AvgIpc) is 2.75. The van der Waals surface area contributed by atoms with Crippen LogP contribution in [-0.4, -0.2) is 30.1 Å². The molecule has 0 bridgehead atoms. The van der Waals surface area contributed by atoms with Gasteiger partial charge < -0.3 is 15.0 Å². The Hall–Kier alpha value is -1.81. The fourth-order valence-electron chi connectivity index (χ4n) is 2.21. The standard InChI is InChI=1S/C14H16N2O2/c17-14(16-11-8-18-9-11)6-5-10-7-15-13-4-2-1-3-12(10)13/h1-4,7,11,15H,5-6,8-9H2,(H,16,17). The third-order valence-corrected chi connectivity index (χ3v) is 3.30. The van der Waals surface area contributed by atoms with E-state index >= 15 is 0 Å². The number of hydrogen-bond donors (Lipinski definition) is 2. The van der Waals surface area contributed by atoms with Crippen LogP contribution in [0.3, 0.4) is 0 Å². The number of nitrogens with one attached hydrogen (secondary N) is 2. The molecule has 4 heteroatoms. The van der Waals surface area contributed by atoms with Gasteiger partial charge in [-0.25, -0.2) is 0 Å². The highest BCUT2D eigenvalue weighted by Gasteiger charge is 2.20. The highest BCUT2D eigenvalue weighted by molar-refractivity contribution is 5.84. The number of aromatic nitrogens is 1. The van der Waals surface area contributed by atoms with Gasteiger partial charge in [0.25, 0.3) is 0 Å². The Morgan fingerprint density at radius 2 is 2.22 bits per heavy atom. The summed E-state index contributed by atoms with van der Waals surface area (Å²) in [6.07, 6.45) is 3.28. The normalized spacial score (nSPS) is 15.6. The zero-order valence-corrected chi connectivity index (χ0v) is 10.1. The number of aryl methyl sites for hydroxylation is 1. The van der Waals surface area contributed by atoms with Crippen molar-refractivity contribution in [2.45, 2.75) is 18.9 Å². The first-order chi connectivity index (χ1) is 8.83. The Kier molecular flexibility index (Phi) is 3.02. The zero-order chi connectivity index (χ0) is 12.4. The predicted molar refractivity (Wildman–Crippen MR) is 69.4 cm³/mol. The van der Waals surface area contributed by atoms with Crippen molar-refractivity contribution in [2.75, 3.05) is 13.2 Å². The van der Waals surface area contributed by atoms with Gasteiger partial charge in [0.1, 0.15) is 0 Å². The molecular weight excluding hydrogens is 228 g/mol. The summed E-state index contributed by atoms with van der Waals surface area (Å²) >= 11 is 0. The highest BCUT2D eigenvalue weighted by atomic mass is 16.5. The Balaban J connectivity index is 1.60. The molecule has 1 saturated heterocycles. The first kappa shape index (κ1) is 11.3. The van der Waals surface area contributed by atoms with Crippen LogP contribution in [0.1, 0.15) is 12.0 Å². The van der Waals surface area contributed by atoms with E-state index < -0.39 is 0 Å². The fraction of sp³-hybridized carbons (Fsp3) is 0.357. The molecule has 1 aliphatic rings. The smallest absolute Gasteiger partial charge is 0.220 e. The third-order valence-electron chi connectivity index (χ3n) is 3.30. The minimum Gasteiger partial charge on any atom is -0.377 e. The van der Waals surface area contributed by atoms with E-state index in [4.69, 9.17) is 4.74 Å². The number of rotatable bonds is 4. The molecule has 3 rings (SSSR count). The van der Waals surface area contributed by atoms with Crippen molar-refractivity contribution in [1.82, 2.24) is 10.3 Å². The van der Waals surface area contributed by atoms with Crippen molar-refractivity contribution in [1.29, 1.82) is 0 Å². The Bertz CT molecular complexity index is 558. The molecule has 0 saturated carbocycles. The molecule has 0 aliphatic carbocycles. The van der Waals surface area contributed by atoms with Gasteiger partial charge in [0.05, 0.1) is 19.3 Å². The van der Waals surface area contributed by atoms with Gasteiger partial charge in [0.2, 0.25) is 5.91 Å². The topological polar surface area (TPSA) is 54.1 Å². The second kappa shape index (κ2) is 4.82. The van der Waals surface area contributed by atoms with Gasteiger partial charge >= 0.3 is 0 Å². The van der Waals surface area contributed by atoms with E-state index in [1.54, 1.807) is 0 Å². The maximum absolute atomic E-state index is 11.7. The van der Waals surface area contributed by atoms with Crippen LogP contribution in [0.5, 0.6) is 0 Å². The number of carbonyl (C=O) groups is 1. The number of benzene rings is 1. The third kappa shape index (κ3) is 2.24. The molecule has 94 valence electrons. The van der Waals surface area contributed by atoms with Crippen LogP contribution in [0.25, 0.3) is 10.9 Å². The van der Waals surface area contributed by atoms with Crippen LogP contribution in [-0.2, 0) is 16.0 Å². The minimum atomic E-state index is 0.105. The lowest BCUT2D eigenvalue weighted by molar-refractivity contribution is -0.125. The van der Waals surface area contributed by atoms with Gasteiger partial charge in [0, 0.05) is 23.5 Å². The quantitative estimate of drug-likeness (QED) is 0.858. The van der Waals surface area contributed by atoms with Crippen LogP contribution in [0.15, 0.2) is 30.5 Å². The summed E-state index contributed by atoms with van der Waals surface area (Å²) in [7, 11) is 0. The number of H-pyrrole nitrogens is 1. The van der Waals surface area contributed by atoms with Crippen molar-refractivity contribution in [2.24, 2.45) is 0 Å². The first-order valence-corrected chi connectivity index (χ1v) is 6.25. The summed E-state index contributed by atoms with van der Waals surface area (Å²) in [5, 5.41) is 4.16. The van der Waals surface area contributed by atoms with Crippen molar-refractivity contribution in [3.63, 3.8) is 0 Å². The first-order valence-electron chi connectivity index (χ1n) is 6.25. The molecular formula is C14H16N2O2. The molecule has 1 aliphatic heterocycles. The number of aromatic amines is 1. The average molecular weight is 244 g/mol. The summed E-state index contributed by atoms with van der Waals surface area (Å²) in [6.45, 7) is 1.30. The van der Waals surface area contributed by atoms with E-state index in [1.165, 1.54) is 10.9 Å². The lowest BCUT2D eigenvalue weighted by Gasteiger charge is -2.26. The molecule has 1 amide bonds. The molecule has 2 N–H and O–H groups in total. The Labute approximate surface area is 105 Å². The molecule has 0 spiro atoms. The molecule has 1 aromatic carbocycles. The second-order valence-electron chi connectivity index (χ2n) is 4.66. The van der Waals surface area contributed by atoms with Crippen molar-refractivity contribution in [3.05, 3.63) is 36.0 Å². The number of amides is 1. The summed E-state index contributed by atoms with van der Waals surface area (Å²) in [4.78, 5) is 14.9.